The zero-order valence-corrected chi connectivity index (χ0v) is 16.0. The average molecular weight is 405 g/mol. The van der Waals surface area contributed by atoms with E-state index in [1.807, 2.05) is 0 Å². The first-order chi connectivity index (χ1) is 13.2. The molecule has 0 radical (unpaired) electrons. The van der Waals surface area contributed by atoms with Crippen LogP contribution in [-0.2, 0) is 14.8 Å². The summed E-state index contributed by atoms with van der Waals surface area (Å²) in [4.78, 5) is 24.6. The van der Waals surface area contributed by atoms with Gasteiger partial charge in [0.25, 0.3) is 5.91 Å². The molecule has 2 aromatic rings. The summed E-state index contributed by atoms with van der Waals surface area (Å²) in [5, 5.41) is 5.13. The van der Waals surface area contributed by atoms with Crippen LogP contribution in [0.2, 0.25) is 0 Å². The lowest BCUT2D eigenvalue weighted by Crippen LogP contribution is -2.37. The minimum atomic E-state index is -3.85. The number of nitrogens with zero attached hydrogens (tertiary/aromatic N) is 1. The van der Waals surface area contributed by atoms with Gasteiger partial charge in [0.1, 0.15) is 12.4 Å². The first kappa shape index (κ1) is 21.1. The summed E-state index contributed by atoms with van der Waals surface area (Å²) in [6.45, 7) is 3.19. The number of carbonyl (C=O) groups is 2. The van der Waals surface area contributed by atoms with E-state index >= 15 is 0 Å². The Kier molecular flexibility index (Phi) is 6.89. The number of rotatable bonds is 8. The maximum absolute atomic E-state index is 13.5. The lowest BCUT2D eigenvalue weighted by atomic mass is 10.1. The predicted molar refractivity (Wildman–Crippen MR) is 106 cm³/mol. The fourth-order valence-corrected chi connectivity index (χ4v) is 3.25. The van der Waals surface area contributed by atoms with Crippen LogP contribution in [0.1, 0.15) is 10.4 Å². The van der Waals surface area contributed by atoms with Crippen LogP contribution in [0, 0.1) is 5.82 Å². The topological polar surface area (TPSA) is 95.6 Å². The van der Waals surface area contributed by atoms with Crippen molar-refractivity contribution >= 4 is 33.2 Å². The summed E-state index contributed by atoms with van der Waals surface area (Å²) < 4.78 is 38.4. The van der Waals surface area contributed by atoms with E-state index in [0.717, 1.165) is 16.6 Å². The third-order valence-electron chi connectivity index (χ3n) is 3.64. The molecule has 28 heavy (non-hydrogen) atoms. The zero-order valence-electron chi connectivity index (χ0n) is 15.2. The van der Waals surface area contributed by atoms with E-state index in [9.17, 15) is 22.4 Å². The minimum Gasteiger partial charge on any atom is -0.349 e. The second-order valence-electron chi connectivity index (χ2n) is 5.84. The highest BCUT2D eigenvalue weighted by Gasteiger charge is 2.22. The molecule has 0 spiro atoms. The van der Waals surface area contributed by atoms with Crippen LogP contribution in [0.3, 0.4) is 0 Å². The number of hydrogen-bond donors (Lipinski definition) is 2. The van der Waals surface area contributed by atoms with Gasteiger partial charge in [0.2, 0.25) is 15.9 Å². The van der Waals surface area contributed by atoms with E-state index in [-0.39, 0.29) is 23.5 Å². The number of sulfonamides is 1. The van der Waals surface area contributed by atoms with Gasteiger partial charge in [-0.3, -0.25) is 13.9 Å². The Balaban J connectivity index is 2.22. The molecule has 0 aliphatic carbocycles. The van der Waals surface area contributed by atoms with Gasteiger partial charge in [0, 0.05) is 6.54 Å². The van der Waals surface area contributed by atoms with Gasteiger partial charge in [-0.1, -0.05) is 24.3 Å². The van der Waals surface area contributed by atoms with E-state index in [2.05, 4.69) is 17.2 Å². The second kappa shape index (κ2) is 9.14. The van der Waals surface area contributed by atoms with Crippen LogP contribution in [0.5, 0.6) is 0 Å². The minimum absolute atomic E-state index is 0.0228. The average Bonchev–Trinajstić information content (AvgIpc) is 2.63. The number of para-hydroxylation sites is 1. The van der Waals surface area contributed by atoms with Crippen molar-refractivity contribution in [3.05, 3.63) is 72.6 Å². The van der Waals surface area contributed by atoms with Gasteiger partial charge in [-0.05, 0) is 30.3 Å². The van der Waals surface area contributed by atoms with Gasteiger partial charge in [-0.15, -0.1) is 6.58 Å². The molecular weight excluding hydrogens is 385 g/mol. The summed E-state index contributed by atoms with van der Waals surface area (Å²) in [6.07, 6.45) is 2.43. The largest absolute Gasteiger partial charge is 0.349 e. The van der Waals surface area contributed by atoms with Crippen molar-refractivity contribution in [2.24, 2.45) is 0 Å². The van der Waals surface area contributed by atoms with E-state index < -0.39 is 34.2 Å². The lowest BCUT2D eigenvalue weighted by molar-refractivity contribution is -0.114. The summed E-state index contributed by atoms with van der Waals surface area (Å²) in [7, 11) is -3.85. The molecule has 148 valence electrons. The van der Waals surface area contributed by atoms with Crippen LogP contribution in [0.25, 0.3) is 0 Å². The van der Waals surface area contributed by atoms with E-state index in [1.165, 1.54) is 36.4 Å². The smallest absolute Gasteiger partial charge is 0.253 e. The van der Waals surface area contributed by atoms with Crippen LogP contribution in [-0.4, -0.2) is 39.6 Å². The van der Waals surface area contributed by atoms with Crippen molar-refractivity contribution in [1.29, 1.82) is 0 Å². The highest BCUT2D eigenvalue weighted by Crippen LogP contribution is 2.20. The molecule has 0 saturated heterocycles. The SMILES string of the molecule is C=CCNC(=O)c1ccccc1NC(=O)CN(c1cccc(F)c1)S(C)(=O)=O. The number of benzene rings is 2. The highest BCUT2D eigenvalue weighted by molar-refractivity contribution is 7.92. The molecule has 0 aliphatic heterocycles. The summed E-state index contributed by atoms with van der Waals surface area (Å²) >= 11 is 0. The first-order valence-corrected chi connectivity index (χ1v) is 10.1. The summed E-state index contributed by atoms with van der Waals surface area (Å²) in [5.41, 5.74) is 0.464. The number of nitrogens with one attached hydrogen (secondary N) is 2. The Bertz CT molecular complexity index is 992. The van der Waals surface area contributed by atoms with Gasteiger partial charge < -0.3 is 10.6 Å². The van der Waals surface area contributed by atoms with Gasteiger partial charge in [0.15, 0.2) is 0 Å². The highest BCUT2D eigenvalue weighted by atomic mass is 32.2. The number of carbonyl (C=O) groups excluding carboxylic acids is 2. The molecular formula is C19H20FN3O4S. The van der Waals surface area contributed by atoms with Crippen LogP contribution >= 0.6 is 0 Å². The van der Waals surface area contributed by atoms with Gasteiger partial charge in [0.05, 0.1) is 23.2 Å². The number of anilines is 2. The molecule has 0 saturated carbocycles. The number of amides is 2. The van der Waals surface area contributed by atoms with E-state index in [1.54, 1.807) is 12.1 Å². The molecule has 0 aromatic heterocycles. The molecule has 0 aliphatic rings. The van der Waals surface area contributed by atoms with E-state index in [4.69, 9.17) is 0 Å². The molecule has 0 heterocycles. The molecule has 7 nitrogen and oxygen atoms in total. The maximum Gasteiger partial charge on any atom is 0.253 e. The molecule has 0 atom stereocenters. The molecule has 2 N–H and O–H groups in total. The van der Waals surface area contributed by atoms with Crippen LogP contribution in [0.15, 0.2) is 61.2 Å². The van der Waals surface area contributed by atoms with Gasteiger partial charge >= 0.3 is 0 Å². The molecule has 0 unspecified atom stereocenters. The van der Waals surface area contributed by atoms with Crippen molar-refractivity contribution in [2.45, 2.75) is 0 Å². The van der Waals surface area contributed by atoms with Crippen molar-refractivity contribution in [2.75, 3.05) is 29.0 Å². The fraction of sp³-hybridized carbons (Fsp3) is 0.158. The molecule has 9 heteroatoms. The van der Waals surface area contributed by atoms with Gasteiger partial charge in [-0.2, -0.15) is 0 Å². The Morgan fingerprint density at radius 2 is 1.89 bits per heavy atom. The standard InChI is InChI=1S/C19H20FN3O4S/c1-3-11-21-19(25)16-9-4-5-10-17(16)22-18(24)13-23(28(2,26)27)15-8-6-7-14(20)12-15/h3-10,12H,1,11,13H2,2H3,(H,21,25)(H,22,24). The Morgan fingerprint density at radius 3 is 2.54 bits per heavy atom. The molecule has 2 amide bonds. The summed E-state index contributed by atoms with van der Waals surface area (Å²) in [6, 6.07) is 11.2. The Morgan fingerprint density at radius 1 is 1.18 bits per heavy atom. The third-order valence-corrected chi connectivity index (χ3v) is 4.78. The number of halogens is 1. The second-order valence-corrected chi connectivity index (χ2v) is 7.75. The normalized spacial score (nSPS) is 10.8. The number of hydrogen-bond acceptors (Lipinski definition) is 4. The fourth-order valence-electron chi connectivity index (χ4n) is 2.40. The Hall–Kier alpha value is -3.20. The monoisotopic (exact) mass is 405 g/mol. The quantitative estimate of drug-likeness (QED) is 0.658. The lowest BCUT2D eigenvalue weighted by Gasteiger charge is -2.22. The molecule has 2 rings (SSSR count). The van der Waals surface area contributed by atoms with Crippen molar-refractivity contribution in [1.82, 2.24) is 5.32 Å². The summed E-state index contributed by atoms with van der Waals surface area (Å²) in [5.74, 6) is -1.73. The molecule has 0 fully saturated rings. The molecule has 0 bridgehead atoms. The zero-order chi connectivity index (χ0) is 20.7. The maximum atomic E-state index is 13.5. The van der Waals surface area contributed by atoms with Crippen LogP contribution in [0.4, 0.5) is 15.8 Å². The molecule has 2 aromatic carbocycles. The van der Waals surface area contributed by atoms with E-state index in [0.29, 0.717) is 0 Å². The van der Waals surface area contributed by atoms with Crippen molar-refractivity contribution in [3.63, 3.8) is 0 Å². The predicted octanol–water partition coefficient (Wildman–Crippen LogP) is 2.15. The first-order valence-electron chi connectivity index (χ1n) is 8.23. The third kappa shape index (κ3) is 5.65. The van der Waals surface area contributed by atoms with Crippen molar-refractivity contribution < 1.29 is 22.4 Å². The van der Waals surface area contributed by atoms with Crippen LogP contribution < -0.4 is 14.9 Å². The van der Waals surface area contributed by atoms with Gasteiger partial charge in [-0.25, -0.2) is 12.8 Å². The van der Waals surface area contributed by atoms with Crippen molar-refractivity contribution in [3.8, 4) is 0 Å². The Labute approximate surface area is 162 Å².